The van der Waals surface area contributed by atoms with Crippen molar-refractivity contribution in [3.05, 3.63) is 10.6 Å². The van der Waals surface area contributed by atoms with Gasteiger partial charge in [0, 0.05) is 24.2 Å². The molecule has 2 heterocycles. The molecule has 8 heteroatoms. The fraction of sp³-hybridized carbons (Fsp3) is 0.556. The lowest BCUT2D eigenvalue weighted by atomic mass is 10.3. The summed E-state index contributed by atoms with van der Waals surface area (Å²) in [6.45, 7) is 1.68. The van der Waals surface area contributed by atoms with E-state index in [-0.39, 0.29) is 10.8 Å². The van der Waals surface area contributed by atoms with Crippen LogP contribution < -0.4 is 9.44 Å². The molecule has 0 amide bonds. The molecule has 4 nitrogen and oxygen atoms in total. The zero-order valence-corrected chi connectivity index (χ0v) is 11.7. The number of aromatic hydroxyl groups is 1. The number of ketones is 1. The number of alkyl halides is 3. The van der Waals surface area contributed by atoms with Crippen molar-refractivity contribution in [3.63, 3.8) is 0 Å². The van der Waals surface area contributed by atoms with Gasteiger partial charge in [0.25, 0.3) is 9.58 Å². The maximum absolute atomic E-state index is 11.7. The minimum absolute atomic E-state index is 0.261. The van der Waals surface area contributed by atoms with Crippen LogP contribution in [0.4, 0.5) is 0 Å². The Balaban J connectivity index is 2.45. The summed E-state index contributed by atoms with van der Waals surface area (Å²) >= 11 is 17.4. The van der Waals surface area contributed by atoms with Gasteiger partial charge in [-0.15, -0.1) is 0 Å². The molecule has 1 saturated heterocycles. The molecule has 94 valence electrons. The highest BCUT2D eigenvalue weighted by molar-refractivity contribution is 7.11. The van der Waals surface area contributed by atoms with Gasteiger partial charge < -0.3 is 9.52 Å². The summed E-state index contributed by atoms with van der Waals surface area (Å²) in [4.78, 5) is 12.1. The van der Waals surface area contributed by atoms with Crippen molar-refractivity contribution in [1.29, 1.82) is 0 Å². The lowest BCUT2D eigenvalue weighted by Gasteiger charge is -2.05. The molecule has 0 aromatic carbocycles. The van der Waals surface area contributed by atoms with Gasteiger partial charge in [-0.2, -0.15) is 4.58 Å². The Hall–Kier alpha value is -0.230. The Bertz CT molecular complexity index is 506. The van der Waals surface area contributed by atoms with Crippen molar-refractivity contribution in [1.82, 2.24) is 4.58 Å². The Kier molecular flexibility index (Phi) is 3.73. The molecule has 1 aromatic rings. The summed E-state index contributed by atoms with van der Waals surface area (Å²) in [5.41, 5.74) is 0. The number of hydrogen-bond acceptors (Lipinski definition) is 4. The summed E-state index contributed by atoms with van der Waals surface area (Å²) in [7, 11) is 0. The lowest BCUT2D eigenvalue weighted by molar-refractivity contribution is 0.0963. The highest BCUT2D eigenvalue weighted by atomic mass is 35.6. The molecule has 2 rings (SSSR count). The summed E-state index contributed by atoms with van der Waals surface area (Å²) < 4.78 is 5.10. The van der Waals surface area contributed by atoms with Crippen LogP contribution in [0.2, 0.25) is 0 Å². The van der Waals surface area contributed by atoms with E-state index in [9.17, 15) is 9.90 Å². The highest BCUT2D eigenvalue weighted by Gasteiger charge is 2.37. The van der Waals surface area contributed by atoms with Crippen molar-refractivity contribution in [2.75, 3.05) is 13.1 Å². The van der Waals surface area contributed by atoms with Crippen LogP contribution in [0.3, 0.4) is 0 Å². The number of rotatable bonds is 1. The quantitative estimate of drug-likeness (QED) is 0.491. The first kappa shape index (κ1) is 13.2. The fourth-order valence-electron chi connectivity index (χ4n) is 1.58. The van der Waals surface area contributed by atoms with Gasteiger partial charge in [-0.25, -0.2) is 0 Å². The van der Waals surface area contributed by atoms with E-state index in [1.165, 1.54) is 0 Å². The van der Waals surface area contributed by atoms with Crippen molar-refractivity contribution in [3.8, 4) is 5.06 Å². The number of carbonyl (C=O) groups excluding carboxylic acids is 1. The van der Waals surface area contributed by atoms with E-state index < -0.39 is 9.58 Å². The number of halogens is 3. The van der Waals surface area contributed by atoms with Gasteiger partial charge in [0.05, 0.1) is 0 Å². The van der Waals surface area contributed by atoms with E-state index >= 15 is 0 Å². The molecule has 1 fully saturated rings. The molecule has 0 saturated carbocycles. The zero-order valence-electron chi connectivity index (χ0n) is 8.58. The average molecular weight is 318 g/mol. The predicted octanol–water partition coefficient (Wildman–Crippen LogP) is 2.17. The minimum atomic E-state index is -2.12. The van der Waals surface area contributed by atoms with Crippen LogP contribution >= 0.6 is 46.1 Å². The second-order valence-electron chi connectivity index (χ2n) is 3.63. The van der Waals surface area contributed by atoms with Crippen LogP contribution in [0.15, 0.2) is 4.42 Å². The van der Waals surface area contributed by atoms with Gasteiger partial charge in [-0.1, -0.05) is 34.8 Å². The average Bonchev–Trinajstić information content (AvgIpc) is 2.83. The Morgan fingerprint density at radius 2 is 1.94 bits per heavy atom. The van der Waals surface area contributed by atoms with Gasteiger partial charge >= 0.3 is 4.87 Å². The van der Waals surface area contributed by atoms with Crippen LogP contribution in [0.5, 0.6) is 5.06 Å². The van der Waals surface area contributed by atoms with E-state index in [4.69, 9.17) is 39.2 Å². The summed E-state index contributed by atoms with van der Waals surface area (Å²) in [5.74, 6) is -1.15. The third kappa shape index (κ3) is 2.78. The third-order valence-electron chi connectivity index (χ3n) is 2.40. The molecular formula is C9H9Cl3NO3S+. The first-order valence-corrected chi connectivity index (χ1v) is 6.87. The van der Waals surface area contributed by atoms with Crippen LogP contribution in [0.25, 0.3) is 0 Å². The fourth-order valence-corrected chi connectivity index (χ4v) is 2.67. The van der Waals surface area contributed by atoms with E-state index in [1.54, 1.807) is 0 Å². The van der Waals surface area contributed by atoms with E-state index in [1.807, 2.05) is 4.58 Å². The second-order valence-corrected chi connectivity index (χ2v) is 6.85. The van der Waals surface area contributed by atoms with Crippen LogP contribution in [-0.4, -0.2) is 27.8 Å². The summed E-state index contributed by atoms with van der Waals surface area (Å²) in [5, 5.41) is 9.37. The first-order chi connectivity index (χ1) is 7.89. The molecule has 0 unspecified atom stereocenters. The van der Waals surface area contributed by atoms with Crippen molar-refractivity contribution in [2.45, 2.75) is 16.6 Å². The van der Waals surface area contributed by atoms with Crippen LogP contribution in [0.1, 0.15) is 23.4 Å². The van der Waals surface area contributed by atoms with Crippen LogP contribution in [-0.2, 0) is 0 Å². The Labute approximate surface area is 116 Å². The van der Waals surface area contributed by atoms with Crippen molar-refractivity contribution < 1.29 is 14.3 Å². The van der Waals surface area contributed by atoms with Crippen LogP contribution in [0, 0.1) is 0 Å². The van der Waals surface area contributed by atoms with Gasteiger partial charge in [0.1, 0.15) is 13.1 Å². The molecular weight excluding hydrogens is 309 g/mol. The summed E-state index contributed by atoms with van der Waals surface area (Å²) in [6, 6.07) is 0. The van der Waals surface area contributed by atoms with E-state index in [0.717, 1.165) is 37.3 Å². The smallest absolute Gasteiger partial charge is 0.433 e. The maximum Gasteiger partial charge on any atom is 0.433 e. The molecule has 0 bridgehead atoms. The zero-order chi connectivity index (χ0) is 12.6. The monoisotopic (exact) mass is 316 g/mol. The molecule has 1 aliphatic rings. The molecule has 17 heavy (non-hydrogen) atoms. The van der Waals surface area contributed by atoms with Crippen molar-refractivity contribution in [2.24, 2.45) is 0 Å². The van der Waals surface area contributed by atoms with E-state index in [2.05, 4.69) is 0 Å². The van der Waals surface area contributed by atoms with Gasteiger partial charge in [-0.3, -0.25) is 4.79 Å². The number of nitrogens with zero attached hydrogens (tertiary/aromatic N) is 1. The molecule has 1 N–H and O–H groups in total. The largest absolute Gasteiger partial charge is 0.497 e. The topological polar surface area (TPSA) is 53.5 Å². The standard InChI is InChI=1S/C9H8Cl3NO3S/c10-9(11,12)6(14)5-7(15)17-8(16-5)13-3-1-2-4-13/h1-4H2/p+1. The Morgan fingerprint density at radius 1 is 1.35 bits per heavy atom. The van der Waals surface area contributed by atoms with Gasteiger partial charge in [-0.05, 0) is 0 Å². The van der Waals surface area contributed by atoms with E-state index in [0.29, 0.717) is 4.87 Å². The normalized spacial score (nSPS) is 16.5. The number of hydrogen-bond donors (Lipinski definition) is 1. The van der Waals surface area contributed by atoms with Gasteiger partial charge in [0.15, 0.2) is 0 Å². The predicted molar refractivity (Wildman–Crippen MR) is 67.1 cm³/mol. The number of Topliss-reactive ketones (excluding diaryl/α,β-unsaturated/α-hetero) is 1. The highest BCUT2D eigenvalue weighted by Crippen LogP contribution is 2.34. The van der Waals surface area contributed by atoms with Gasteiger partial charge in [0.2, 0.25) is 10.8 Å². The molecule has 0 aliphatic carbocycles. The molecule has 1 aromatic heterocycles. The third-order valence-corrected chi connectivity index (χ3v) is 3.81. The molecule has 0 atom stereocenters. The Morgan fingerprint density at radius 3 is 2.47 bits per heavy atom. The molecule has 0 radical (unpaired) electrons. The molecule has 0 spiro atoms. The SMILES string of the molecule is O=C(c1oc(=[N+]2CCCC2)sc1O)C(Cl)(Cl)Cl. The summed E-state index contributed by atoms with van der Waals surface area (Å²) in [6.07, 6.45) is 2.11. The van der Waals surface area contributed by atoms with Crippen molar-refractivity contribution >= 4 is 51.9 Å². The minimum Gasteiger partial charge on any atom is -0.497 e. The lowest BCUT2D eigenvalue weighted by Crippen LogP contribution is -2.24. The number of carbonyl (C=O) groups is 1. The molecule has 1 aliphatic heterocycles. The second kappa shape index (κ2) is 4.80. The maximum atomic E-state index is 11.7. The first-order valence-electron chi connectivity index (χ1n) is 4.92.